The van der Waals surface area contributed by atoms with E-state index in [0.717, 1.165) is 0 Å². The van der Waals surface area contributed by atoms with Gasteiger partial charge in [0.1, 0.15) is 5.03 Å². The zero-order valence-corrected chi connectivity index (χ0v) is 12.1. The van der Waals surface area contributed by atoms with Gasteiger partial charge in [-0.2, -0.15) is 4.98 Å². The second-order valence-corrected chi connectivity index (χ2v) is 5.09. The number of aromatic amines is 1. The van der Waals surface area contributed by atoms with E-state index in [4.69, 9.17) is 5.11 Å². The number of hydrogen-bond acceptors (Lipinski definition) is 5. The minimum Gasteiger partial charge on any atom is -0.396 e. The average Bonchev–Trinajstić information content (AvgIpc) is 2.34. The molecular formula is C12H19N3O3S. The molecular weight excluding hydrogens is 266 g/mol. The van der Waals surface area contributed by atoms with Crippen molar-refractivity contribution in [2.24, 2.45) is 0 Å². The maximum Gasteiger partial charge on any atom is 0.346 e. The van der Waals surface area contributed by atoms with Crippen molar-refractivity contribution in [3.63, 3.8) is 0 Å². The molecule has 0 radical (unpaired) electrons. The molecule has 3 N–H and O–H groups in total. The molecule has 106 valence electrons. The predicted octanol–water partition coefficient (Wildman–Crippen LogP) is 0.691. The number of H-pyrrole nitrogens is 1. The van der Waals surface area contributed by atoms with E-state index in [1.165, 1.54) is 11.8 Å². The first-order valence-electron chi connectivity index (χ1n) is 6.06. The molecule has 1 rings (SSSR count). The van der Waals surface area contributed by atoms with Gasteiger partial charge in [-0.25, -0.2) is 4.79 Å². The quantitative estimate of drug-likeness (QED) is 0.528. The molecule has 0 aliphatic rings. The highest BCUT2D eigenvalue weighted by atomic mass is 32.2. The van der Waals surface area contributed by atoms with Crippen LogP contribution in [-0.4, -0.2) is 39.9 Å². The first-order valence-corrected chi connectivity index (χ1v) is 7.28. The molecule has 0 fully saturated rings. The molecule has 0 aliphatic heterocycles. The molecule has 1 atom stereocenters. The van der Waals surface area contributed by atoms with Crippen LogP contribution in [0.25, 0.3) is 0 Å². The standard InChI is InChI=1S/C12H19N3O3S/c1-7(5-4-6-16)13-10(17)9-8(2)14-12(18)15-11(9)19-3/h7,16H,4-6H2,1-3H3,(H,13,17)(H,14,15,18). The molecule has 1 heterocycles. The summed E-state index contributed by atoms with van der Waals surface area (Å²) in [6, 6.07) is -0.0410. The number of carbonyl (C=O) groups is 1. The van der Waals surface area contributed by atoms with Crippen molar-refractivity contribution < 1.29 is 9.90 Å². The van der Waals surface area contributed by atoms with Crippen molar-refractivity contribution in [2.75, 3.05) is 12.9 Å². The summed E-state index contributed by atoms with van der Waals surface area (Å²) in [6.45, 7) is 3.66. The Morgan fingerprint density at radius 3 is 2.84 bits per heavy atom. The van der Waals surface area contributed by atoms with Gasteiger partial charge in [-0.15, -0.1) is 11.8 Å². The van der Waals surface area contributed by atoms with E-state index >= 15 is 0 Å². The summed E-state index contributed by atoms with van der Waals surface area (Å²) in [6.07, 6.45) is 3.11. The van der Waals surface area contributed by atoms with Crippen LogP contribution < -0.4 is 11.0 Å². The second kappa shape index (κ2) is 7.30. The number of amides is 1. The van der Waals surface area contributed by atoms with Crippen LogP contribution in [0.1, 0.15) is 35.8 Å². The van der Waals surface area contributed by atoms with Crippen molar-refractivity contribution in [1.82, 2.24) is 15.3 Å². The van der Waals surface area contributed by atoms with Crippen LogP contribution in [0.3, 0.4) is 0 Å². The summed E-state index contributed by atoms with van der Waals surface area (Å²) in [5.41, 5.74) is 0.464. The van der Waals surface area contributed by atoms with Crippen LogP contribution >= 0.6 is 11.8 Å². The highest BCUT2D eigenvalue weighted by Gasteiger charge is 2.18. The van der Waals surface area contributed by atoms with Gasteiger partial charge in [0.15, 0.2) is 0 Å². The Kier molecular flexibility index (Phi) is 6.04. The van der Waals surface area contributed by atoms with Gasteiger partial charge >= 0.3 is 5.69 Å². The SMILES string of the molecule is CSc1nc(=O)[nH]c(C)c1C(=O)NC(C)CCCO. The zero-order chi connectivity index (χ0) is 14.4. The van der Waals surface area contributed by atoms with E-state index in [-0.39, 0.29) is 18.6 Å². The van der Waals surface area contributed by atoms with Crippen molar-refractivity contribution in [2.45, 2.75) is 37.8 Å². The number of thioether (sulfide) groups is 1. The van der Waals surface area contributed by atoms with E-state index in [9.17, 15) is 9.59 Å². The van der Waals surface area contributed by atoms with Gasteiger partial charge in [0.05, 0.1) is 5.56 Å². The van der Waals surface area contributed by atoms with Gasteiger partial charge in [0.25, 0.3) is 5.91 Å². The van der Waals surface area contributed by atoms with Crippen LogP contribution in [0.15, 0.2) is 9.82 Å². The predicted molar refractivity (Wildman–Crippen MR) is 74.6 cm³/mol. The van der Waals surface area contributed by atoms with Gasteiger partial charge < -0.3 is 15.4 Å². The number of nitrogens with zero attached hydrogens (tertiary/aromatic N) is 1. The van der Waals surface area contributed by atoms with Crippen molar-refractivity contribution in [1.29, 1.82) is 0 Å². The fourth-order valence-electron chi connectivity index (χ4n) is 1.74. The molecule has 0 aliphatic carbocycles. The number of hydrogen-bond donors (Lipinski definition) is 3. The van der Waals surface area contributed by atoms with E-state index in [2.05, 4.69) is 15.3 Å². The summed E-state index contributed by atoms with van der Waals surface area (Å²) in [5.74, 6) is -0.254. The summed E-state index contributed by atoms with van der Waals surface area (Å²) >= 11 is 1.27. The van der Waals surface area contributed by atoms with E-state index in [0.29, 0.717) is 29.1 Å². The van der Waals surface area contributed by atoms with Crippen LogP contribution in [0.4, 0.5) is 0 Å². The Labute approximate surface area is 116 Å². The first kappa shape index (κ1) is 15.7. The third-order valence-corrected chi connectivity index (χ3v) is 3.36. The maximum absolute atomic E-state index is 12.2. The molecule has 1 amide bonds. The molecule has 0 aromatic carbocycles. The first-order chi connectivity index (χ1) is 8.99. The second-order valence-electron chi connectivity index (χ2n) is 4.29. The van der Waals surface area contributed by atoms with Crippen LogP contribution in [-0.2, 0) is 0 Å². The molecule has 7 heteroatoms. The smallest absolute Gasteiger partial charge is 0.346 e. The largest absolute Gasteiger partial charge is 0.396 e. The number of rotatable bonds is 6. The van der Waals surface area contributed by atoms with Crippen molar-refractivity contribution in [3.8, 4) is 0 Å². The topological polar surface area (TPSA) is 95.1 Å². The molecule has 6 nitrogen and oxygen atoms in total. The molecule has 1 aromatic rings. The Bertz CT molecular complexity index is 501. The molecule has 1 unspecified atom stereocenters. The van der Waals surface area contributed by atoms with Crippen LogP contribution in [0.2, 0.25) is 0 Å². The van der Waals surface area contributed by atoms with Crippen LogP contribution in [0, 0.1) is 6.92 Å². The molecule has 0 bridgehead atoms. The fourth-order valence-corrected chi connectivity index (χ4v) is 2.36. The highest BCUT2D eigenvalue weighted by molar-refractivity contribution is 7.98. The van der Waals surface area contributed by atoms with E-state index < -0.39 is 5.69 Å². The lowest BCUT2D eigenvalue weighted by molar-refractivity contribution is 0.0931. The number of nitrogens with one attached hydrogen (secondary N) is 2. The maximum atomic E-state index is 12.2. The van der Waals surface area contributed by atoms with Gasteiger partial charge in [0.2, 0.25) is 0 Å². The van der Waals surface area contributed by atoms with Crippen molar-refractivity contribution in [3.05, 3.63) is 21.7 Å². The number of aliphatic hydroxyl groups excluding tert-OH is 1. The van der Waals surface area contributed by atoms with Gasteiger partial charge in [0, 0.05) is 18.3 Å². The third-order valence-electron chi connectivity index (χ3n) is 2.68. The molecule has 0 saturated carbocycles. The Hall–Kier alpha value is -1.34. The summed E-state index contributed by atoms with van der Waals surface area (Å²) < 4.78 is 0. The Morgan fingerprint density at radius 1 is 1.58 bits per heavy atom. The zero-order valence-electron chi connectivity index (χ0n) is 11.3. The van der Waals surface area contributed by atoms with Gasteiger partial charge in [-0.3, -0.25) is 4.79 Å². The number of carbonyl (C=O) groups excluding carboxylic acids is 1. The lowest BCUT2D eigenvalue weighted by atomic mass is 10.1. The molecule has 19 heavy (non-hydrogen) atoms. The lowest BCUT2D eigenvalue weighted by Gasteiger charge is -2.15. The third kappa shape index (κ3) is 4.36. The lowest BCUT2D eigenvalue weighted by Crippen LogP contribution is -2.34. The monoisotopic (exact) mass is 285 g/mol. The minimum absolute atomic E-state index is 0.0410. The summed E-state index contributed by atoms with van der Waals surface area (Å²) in [7, 11) is 0. The van der Waals surface area contributed by atoms with Gasteiger partial charge in [-0.05, 0) is 32.9 Å². The van der Waals surface area contributed by atoms with E-state index in [1.807, 2.05) is 6.92 Å². The average molecular weight is 285 g/mol. The number of aryl methyl sites for hydroxylation is 1. The molecule has 0 spiro atoms. The number of aromatic nitrogens is 2. The Balaban J connectivity index is 2.90. The van der Waals surface area contributed by atoms with E-state index in [1.54, 1.807) is 13.2 Å². The molecule has 0 saturated heterocycles. The fraction of sp³-hybridized carbons (Fsp3) is 0.583. The summed E-state index contributed by atoms with van der Waals surface area (Å²) in [4.78, 5) is 29.8. The van der Waals surface area contributed by atoms with Crippen LogP contribution in [0.5, 0.6) is 0 Å². The number of aliphatic hydroxyl groups is 1. The minimum atomic E-state index is -0.452. The van der Waals surface area contributed by atoms with Crippen molar-refractivity contribution >= 4 is 17.7 Å². The normalized spacial score (nSPS) is 12.2. The highest BCUT2D eigenvalue weighted by Crippen LogP contribution is 2.18. The Morgan fingerprint density at radius 2 is 2.26 bits per heavy atom. The summed E-state index contributed by atoms with van der Waals surface area (Å²) in [5, 5.41) is 12.0. The molecule has 1 aromatic heterocycles. The van der Waals surface area contributed by atoms with Gasteiger partial charge in [-0.1, -0.05) is 0 Å².